The zero-order valence-electron chi connectivity index (χ0n) is 5.12. The van der Waals surface area contributed by atoms with Crippen molar-refractivity contribution < 1.29 is 5.11 Å². The van der Waals surface area contributed by atoms with Crippen LogP contribution in [0, 0.1) is 0 Å². The van der Waals surface area contributed by atoms with E-state index in [0.717, 1.165) is 9.61 Å². The van der Waals surface area contributed by atoms with Crippen LogP contribution < -0.4 is 5.73 Å². The molecule has 56 valence electrons. The third-order valence-corrected chi connectivity index (χ3v) is 2.69. The molecule has 0 aliphatic heterocycles. The van der Waals surface area contributed by atoms with Crippen LogP contribution in [0.5, 0.6) is 0 Å². The van der Waals surface area contributed by atoms with E-state index in [1.807, 2.05) is 5.38 Å². The summed E-state index contributed by atoms with van der Waals surface area (Å²) in [5.74, 6) is 0. The number of rotatable bonds is 2. The second kappa shape index (κ2) is 3.43. The van der Waals surface area contributed by atoms with Gasteiger partial charge >= 0.3 is 0 Å². The topological polar surface area (TPSA) is 59.1 Å². The molecule has 0 saturated carbocycles. The van der Waals surface area contributed by atoms with Crippen molar-refractivity contribution in [3.63, 3.8) is 0 Å². The molecule has 0 fully saturated rings. The predicted molar refractivity (Wildman–Crippen MR) is 43.8 cm³/mol. The van der Waals surface area contributed by atoms with Crippen molar-refractivity contribution in [2.24, 2.45) is 5.73 Å². The van der Waals surface area contributed by atoms with Crippen molar-refractivity contribution in [1.82, 2.24) is 4.98 Å². The van der Waals surface area contributed by atoms with Crippen LogP contribution in [-0.4, -0.2) is 16.7 Å². The monoisotopic (exact) mass is 222 g/mol. The Morgan fingerprint density at radius 1 is 1.90 bits per heavy atom. The summed E-state index contributed by atoms with van der Waals surface area (Å²) in [6.45, 7) is -0.0556. The molecule has 0 bridgehead atoms. The molecule has 1 atom stereocenters. The normalized spacial score (nSPS) is 13.5. The number of halogens is 1. The summed E-state index contributed by atoms with van der Waals surface area (Å²) in [5, 5.41) is 11.2. The van der Waals surface area contributed by atoms with Gasteiger partial charge in [-0.1, -0.05) is 0 Å². The van der Waals surface area contributed by atoms with E-state index < -0.39 is 0 Å². The third kappa shape index (κ3) is 1.76. The van der Waals surface area contributed by atoms with Crippen LogP contribution in [0.15, 0.2) is 9.98 Å². The molecule has 1 aromatic heterocycles. The van der Waals surface area contributed by atoms with Gasteiger partial charge in [0.05, 0.1) is 12.6 Å². The van der Waals surface area contributed by atoms with Gasteiger partial charge < -0.3 is 10.8 Å². The minimum atomic E-state index is -0.337. The molecule has 0 aliphatic carbocycles. The first-order valence-corrected chi connectivity index (χ1v) is 4.38. The molecule has 1 rings (SSSR count). The molecular formula is C5H7BrN2OS. The first kappa shape index (κ1) is 8.13. The van der Waals surface area contributed by atoms with E-state index in [2.05, 4.69) is 20.9 Å². The summed E-state index contributed by atoms with van der Waals surface area (Å²) < 4.78 is 0.774. The lowest BCUT2D eigenvalue weighted by molar-refractivity contribution is 0.267. The highest BCUT2D eigenvalue weighted by atomic mass is 79.9. The molecule has 10 heavy (non-hydrogen) atoms. The number of aliphatic hydroxyl groups is 1. The standard InChI is InChI=1S/C5H7BrN2OS/c6-4-2-10-5(8-4)3(7)1-9/h2-3,9H,1,7H2. The van der Waals surface area contributed by atoms with Crippen molar-refractivity contribution >= 4 is 27.3 Å². The molecule has 1 unspecified atom stereocenters. The highest BCUT2D eigenvalue weighted by Crippen LogP contribution is 2.19. The van der Waals surface area contributed by atoms with Gasteiger partial charge in [0.1, 0.15) is 9.61 Å². The van der Waals surface area contributed by atoms with Crippen LogP contribution in [0.25, 0.3) is 0 Å². The number of thiazole rings is 1. The molecule has 0 saturated heterocycles. The Morgan fingerprint density at radius 3 is 3.00 bits per heavy atom. The largest absolute Gasteiger partial charge is 0.394 e. The van der Waals surface area contributed by atoms with Crippen LogP contribution in [0.4, 0.5) is 0 Å². The van der Waals surface area contributed by atoms with E-state index in [1.54, 1.807) is 0 Å². The Labute approximate surface area is 71.0 Å². The van der Waals surface area contributed by atoms with Gasteiger partial charge in [-0.3, -0.25) is 0 Å². The molecule has 0 aromatic carbocycles. The van der Waals surface area contributed by atoms with E-state index in [0.29, 0.717) is 0 Å². The highest BCUT2D eigenvalue weighted by Gasteiger charge is 2.07. The zero-order chi connectivity index (χ0) is 7.56. The maximum absolute atomic E-state index is 8.62. The van der Waals surface area contributed by atoms with E-state index in [-0.39, 0.29) is 12.6 Å². The molecule has 0 spiro atoms. The summed E-state index contributed by atoms with van der Waals surface area (Å²) in [6, 6.07) is -0.337. The molecule has 5 heteroatoms. The van der Waals surface area contributed by atoms with Crippen molar-refractivity contribution in [1.29, 1.82) is 0 Å². The summed E-state index contributed by atoms with van der Waals surface area (Å²) in [5.41, 5.74) is 5.48. The molecule has 1 heterocycles. The van der Waals surface area contributed by atoms with E-state index >= 15 is 0 Å². The Balaban J connectivity index is 2.74. The van der Waals surface area contributed by atoms with Crippen molar-refractivity contribution in [2.75, 3.05) is 6.61 Å². The van der Waals surface area contributed by atoms with Gasteiger partial charge in [-0.25, -0.2) is 4.98 Å². The molecule has 0 amide bonds. The Bertz CT molecular complexity index is 215. The van der Waals surface area contributed by atoms with Gasteiger partial charge in [-0.2, -0.15) is 0 Å². The Morgan fingerprint density at radius 2 is 2.60 bits per heavy atom. The SMILES string of the molecule is NC(CO)c1nc(Br)cs1. The van der Waals surface area contributed by atoms with Crippen LogP contribution in [0.2, 0.25) is 0 Å². The molecule has 3 N–H and O–H groups in total. The number of nitrogens with two attached hydrogens (primary N) is 1. The van der Waals surface area contributed by atoms with Crippen LogP contribution in [-0.2, 0) is 0 Å². The third-order valence-electron chi connectivity index (χ3n) is 1.01. The van der Waals surface area contributed by atoms with Gasteiger partial charge in [0.15, 0.2) is 0 Å². The van der Waals surface area contributed by atoms with Gasteiger partial charge in [0.25, 0.3) is 0 Å². The van der Waals surface area contributed by atoms with Crippen molar-refractivity contribution in [2.45, 2.75) is 6.04 Å². The predicted octanol–water partition coefficient (Wildman–Crippen LogP) is 0.898. The van der Waals surface area contributed by atoms with Gasteiger partial charge in [-0.05, 0) is 15.9 Å². The van der Waals surface area contributed by atoms with E-state index in [4.69, 9.17) is 10.8 Å². The average molecular weight is 223 g/mol. The smallest absolute Gasteiger partial charge is 0.117 e. The fourth-order valence-corrected chi connectivity index (χ4v) is 1.78. The van der Waals surface area contributed by atoms with E-state index in [9.17, 15) is 0 Å². The quantitative estimate of drug-likeness (QED) is 0.782. The lowest BCUT2D eigenvalue weighted by Gasteiger charge is -2.00. The lowest BCUT2D eigenvalue weighted by Crippen LogP contribution is -2.13. The molecule has 0 radical (unpaired) electrons. The fraction of sp³-hybridized carbons (Fsp3) is 0.400. The molecule has 1 aromatic rings. The minimum absolute atomic E-state index is 0.0556. The molecule has 0 aliphatic rings. The minimum Gasteiger partial charge on any atom is -0.394 e. The molecule has 3 nitrogen and oxygen atoms in total. The number of nitrogens with zero attached hydrogens (tertiary/aromatic N) is 1. The summed E-state index contributed by atoms with van der Waals surface area (Å²) in [4.78, 5) is 4.03. The Hall–Kier alpha value is 0.0300. The van der Waals surface area contributed by atoms with Crippen molar-refractivity contribution in [3.8, 4) is 0 Å². The first-order valence-electron chi connectivity index (χ1n) is 2.71. The lowest BCUT2D eigenvalue weighted by atomic mass is 10.4. The number of aliphatic hydroxyl groups excluding tert-OH is 1. The second-order valence-electron chi connectivity index (χ2n) is 1.80. The summed E-state index contributed by atoms with van der Waals surface area (Å²) >= 11 is 4.63. The molecular weight excluding hydrogens is 216 g/mol. The van der Waals surface area contributed by atoms with E-state index in [1.165, 1.54) is 11.3 Å². The van der Waals surface area contributed by atoms with Gasteiger partial charge in [0, 0.05) is 5.38 Å². The highest BCUT2D eigenvalue weighted by molar-refractivity contribution is 9.10. The maximum atomic E-state index is 8.62. The van der Waals surface area contributed by atoms with Gasteiger partial charge in [-0.15, -0.1) is 11.3 Å². The number of hydrogen-bond donors (Lipinski definition) is 2. The van der Waals surface area contributed by atoms with Crippen LogP contribution >= 0.6 is 27.3 Å². The maximum Gasteiger partial charge on any atom is 0.117 e. The van der Waals surface area contributed by atoms with Crippen molar-refractivity contribution in [3.05, 3.63) is 15.0 Å². The first-order chi connectivity index (χ1) is 4.74. The van der Waals surface area contributed by atoms with Crippen LogP contribution in [0.3, 0.4) is 0 Å². The van der Waals surface area contributed by atoms with Crippen LogP contribution in [0.1, 0.15) is 11.0 Å². The fourth-order valence-electron chi connectivity index (χ4n) is 0.515. The summed E-state index contributed by atoms with van der Waals surface area (Å²) in [6.07, 6.45) is 0. The number of hydrogen-bond acceptors (Lipinski definition) is 4. The number of aromatic nitrogens is 1. The zero-order valence-corrected chi connectivity index (χ0v) is 7.52. The van der Waals surface area contributed by atoms with Gasteiger partial charge in [0.2, 0.25) is 0 Å². The second-order valence-corrected chi connectivity index (χ2v) is 3.50. The Kier molecular flexibility index (Phi) is 2.79. The average Bonchev–Trinajstić information content (AvgIpc) is 2.34. The summed E-state index contributed by atoms with van der Waals surface area (Å²) in [7, 11) is 0.